The number of hydrogen-bond acceptors (Lipinski definition) is 5. The Morgan fingerprint density at radius 3 is 3.00 bits per heavy atom. The minimum absolute atomic E-state index is 0.269. The fraction of sp³-hybridized carbons (Fsp3) is 0.625. The zero-order valence-electron chi connectivity index (χ0n) is 13.3. The van der Waals surface area contributed by atoms with Crippen LogP contribution >= 0.6 is 0 Å². The Bertz CT molecular complexity index is 595. The van der Waals surface area contributed by atoms with Crippen LogP contribution in [0.3, 0.4) is 0 Å². The van der Waals surface area contributed by atoms with Crippen molar-refractivity contribution in [3.8, 4) is 0 Å². The lowest BCUT2D eigenvalue weighted by molar-refractivity contribution is -0.157. The monoisotopic (exact) mass is 306 g/mol. The molecule has 1 aliphatic heterocycles. The van der Waals surface area contributed by atoms with Gasteiger partial charge >= 0.3 is 5.97 Å². The molecule has 6 heteroatoms. The van der Waals surface area contributed by atoms with Crippen molar-refractivity contribution in [1.82, 2.24) is 9.80 Å². The Labute approximate surface area is 130 Å². The first-order valence-electron chi connectivity index (χ1n) is 7.68. The minimum Gasteiger partial charge on any atom is -0.465 e. The van der Waals surface area contributed by atoms with Crippen LogP contribution in [0.25, 0.3) is 0 Å². The molecule has 2 aliphatic rings. The third-order valence-electron chi connectivity index (χ3n) is 4.67. The molecular weight excluding hydrogens is 284 g/mol. The molecule has 0 aromatic carbocycles. The SMILES string of the molecule is COC(=O)c1cc(CN(C)CN2C(=O)[C@@H]3CCC[C@@H]32)oc1C. The zero-order valence-corrected chi connectivity index (χ0v) is 13.3. The maximum absolute atomic E-state index is 12.0. The lowest BCUT2D eigenvalue weighted by Crippen LogP contribution is -2.60. The van der Waals surface area contributed by atoms with Crippen molar-refractivity contribution in [3.05, 3.63) is 23.2 Å². The highest BCUT2D eigenvalue weighted by Crippen LogP contribution is 2.39. The van der Waals surface area contributed by atoms with Gasteiger partial charge in [-0.25, -0.2) is 4.79 Å². The van der Waals surface area contributed by atoms with Crippen molar-refractivity contribution in [3.63, 3.8) is 0 Å². The average molecular weight is 306 g/mol. The number of rotatable bonds is 5. The van der Waals surface area contributed by atoms with Crippen molar-refractivity contribution in [2.75, 3.05) is 20.8 Å². The van der Waals surface area contributed by atoms with E-state index in [9.17, 15) is 9.59 Å². The molecule has 1 amide bonds. The number of furan rings is 1. The molecule has 22 heavy (non-hydrogen) atoms. The van der Waals surface area contributed by atoms with Crippen LogP contribution in [0.5, 0.6) is 0 Å². The second-order valence-electron chi connectivity index (χ2n) is 6.24. The fourth-order valence-electron chi connectivity index (χ4n) is 3.58. The van der Waals surface area contributed by atoms with E-state index in [-0.39, 0.29) is 17.8 Å². The highest BCUT2D eigenvalue weighted by atomic mass is 16.5. The Balaban J connectivity index is 1.59. The standard InChI is InChI=1S/C16H22N2O4/c1-10-13(16(20)21-3)7-11(22-10)8-17(2)9-18-14-6-4-5-12(14)15(18)19/h7,12,14H,4-6,8-9H2,1-3H3/t12-,14+/m1/s1. The number of carbonyl (C=O) groups excluding carboxylic acids is 2. The number of nitrogens with zero attached hydrogens (tertiary/aromatic N) is 2. The molecule has 0 bridgehead atoms. The van der Waals surface area contributed by atoms with E-state index in [1.807, 2.05) is 16.8 Å². The lowest BCUT2D eigenvalue weighted by atomic mass is 9.91. The van der Waals surface area contributed by atoms with Crippen molar-refractivity contribution >= 4 is 11.9 Å². The molecule has 1 saturated heterocycles. The molecule has 2 heterocycles. The molecule has 0 radical (unpaired) electrons. The number of carbonyl (C=O) groups is 2. The molecule has 120 valence electrons. The summed E-state index contributed by atoms with van der Waals surface area (Å²) >= 11 is 0. The van der Waals surface area contributed by atoms with Crippen LogP contribution in [0, 0.1) is 12.8 Å². The molecule has 6 nitrogen and oxygen atoms in total. The third-order valence-corrected chi connectivity index (χ3v) is 4.67. The van der Waals surface area contributed by atoms with Crippen LogP contribution in [0.2, 0.25) is 0 Å². The van der Waals surface area contributed by atoms with Gasteiger partial charge in [0.1, 0.15) is 17.1 Å². The normalized spacial score (nSPS) is 23.6. The maximum atomic E-state index is 12.0. The zero-order chi connectivity index (χ0) is 15.9. The molecule has 3 rings (SSSR count). The Morgan fingerprint density at radius 2 is 2.27 bits per heavy atom. The van der Waals surface area contributed by atoms with Gasteiger partial charge in [-0.15, -0.1) is 0 Å². The predicted molar refractivity (Wildman–Crippen MR) is 79.1 cm³/mol. The highest BCUT2D eigenvalue weighted by molar-refractivity contribution is 5.90. The molecule has 1 aromatic rings. The van der Waals surface area contributed by atoms with Crippen LogP contribution in [0.15, 0.2) is 10.5 Å². The van der Waals surface area contributed by atoms with Crippen LogP contribution in [-0.4, -0.2) is 48.5 Å². The molecule has 1 saturated carbocycles. The van der Waals surface area contributed by atoms with Crippen molar-refractivity contribution < 1.29 is 18.7 Å². The molecule has 2 atom stereocenters. The van der Waals surface area contributed by atoms with Gasteiger partial charge in [0.15, 0.2) is 0 Å². The first-order chi connectivity index (χ1) is 10.5. The molecule has 0 spiro atoms. The van der Waals surface area contributed by atoms with Crippen LogP contribution in [0.1, 0.15) is 41.1 Å². The Morgan fingerprint density at radius 1 is 1.50 bits per heavy atom. The van der Waals surface area contributed by atoms with E-state index in [4.69, 9.17) is 9.15 Å². The number of aryl methyl sites for hydroxylation is 1. The predicted octanol–water partition coefficient (Wildman–Crippen LogP) is 1.77. The number of likely N-dealkylation sites (tertiary alicyclic amines) is 1. The molecule has 2 fully saturated rings. The van der Waals surface area contributed by atoms with E-state index in [1.54, 1.807) is 13.0 Å². The van der Waals surface area contributed by atoms with Crippen molar-refractivity contribution in [2.24, 2.45) is 5.92 Å². The quantitative estimate of drug-likeness (QED) is 0.613. The number of methoxy groups -OCH3 is 1. The van der Waals surface area contributed by atoms with E-state index >= 15 is 0 Å². The number of hydrogen-bond donors (Lipinski definition) is 0. The van der Waals surface area contributed by atoms with E-state index in [0.717, 1.165) is 19.3 Å². The summed E-state index contributed by atoms with van der Waals surface area (Å²) in [5.41, 5.74) is 0.460. The van der Waals surface area contributed by atoms with Gasteiger partial charge in [-0.3, -0.25) is 9.69 Å². The smallest absolute Gasteiger partial charge is 0.341 e. The largest absolute Gasteiger partial charge is 0.465 e. The Kier molecular flexibility index (Phi) is 3.95. The van der Waals surface area contributed by atoms with E-state index in [2.05, 4.69) is 0 Å². The van der Waals surface area contributed by atoms with Gasteiger partial charge in [0.2, 0.25) is 5.91 Å². The molecule has 1 aromatic heterocycles. The van der Waals surface area contributed by atoms with Gasteiger partial charge < -0.3 is 14.1 Å². The summed E-state index contributed by atoms with van der Waals surface area (Å²) in [5.74, 6) is 1.43. The molecule has 1 aliphatic carbocycles. The number of β-lactam (4-membered cyclic amide) rings is 1. The average Bonchev–Trinajstić information content (AvgIpc) is 3.08. The summed E-state index contributed by atoms with van der Waals surface area (Å²) in [6.45, 7) is 2.91. The van der Waals surface area contributed by atoms with Crippen LogP contribution in [0.4, 0.5) is 0 Å². The first kappa shape index (κ1) is 15.1. The molecule has 0 N–H and O–H groups in total. The van der Waals surface area contributed by atoms with Gasteiger partial charge in [-0.2, -0.15) is 0 Å². The number of ether oxygens (including phenoxy) is 1. The first-order valence-corrected chi connectivity index (χ1v) is 7.68. The highest BCUT2D eigenvalue weighted by Gasteiger charge is 2.49. The second kappa shape index (κ2) is 5.76. The van der Waals surface area contributed by atoms with E-state index < -0.39 is 0 Å². The molecule has 0 unspecified atom stereocenters. The number of esters is 1. The van der Waals surface area contributed by atoms with E-state index in [0.29, 0.717) is 36.3 Å². The summed E-state index contributed by atoms with van der Waals surface area (Å²) in [6, 6.07) is 2.15. The van der Waals surface area contributed by atoms with Crippen molar-refractivity contribution in [1.29, 1.82) is 0 Å². The topological polar surface area (TPSA) is 63.0 Å². The summed E-state index contributed by atoms with van der Waals surface area (Å²) < 4.78 is 10.3. The van der Waals surface area contributed by atoms with Crippen LogP contribution < -0.4 is 0 Å². The van der Waals surface area contributed by atoms with Crippen molar-refractivity contribution in [2.45, 2.75) is 38.8 Å². The minimum atomic E-state index is -0.387. The molecular formula is C16H22N2O4. The maximum Gasteiger partial charge on any atom is 0.341 e. The summed E-state index contributed by atoms with van der Waals surface area (Å²) in [6.07, 6.45) is 3.32. The summed E-state index contributed by atoms with van der Waals surface area (Å²) in [5, 5.41) is 0. The number of fused-ring (bicyclic) bond motifs is 1. The third kappa shape index (κ3) is 2.52. The van der Waals surface area contributed by atoms with Gasteiger partial charge in [-0.05, 0) is 32.9 Å². The van der Waals surface area contributed by atoms with Gasteiger partial charge in [0.05, 0.1) is 26.2 Å². The lowest BCUT2D eigenvalue weighted by Gasteiger charge is -2.45. The summed E-state index contributed by atoms with van der Waals surface area (Å²) in [4.78, 5) is 27.6. The Hall–Kier alpha value is -1.82. The fourth-order valence-corrected chi connectivity index (χ4v) is 3.58. The summed E-state index contributed by atoms with van der Waals surface area (Å²) in [7, 11) is 3.30. The second-order valence-corrected chi connectivity index (χ2v) is 6.24. The van der Waals surface area contributed by atoms with Gasteiger partial charge in [-0.1, -0.05) is 6.42 Å². The van der Waals surface area contributed by atoms with E-state index in [1.165, 1.54) is 7.11 Å². The number of amides is 1. The van der Waals surface area contributed by atoms with Gasteiger partial charge in [0, 0.05) is 6.04 Å². The van der Waals surface area contributed by atoms with Crippen LogP contribution in [-0.2, 0) is 16.1 Å². The van der Waals surface area contributed by atoms with Gasteiger partial charge in [0.25, 0.3) is 0 Å².